The lowest BCUT2D eigenvalue weighted by Crippen LogP contribution is -2.39. The molecule has 5 rings (SSSR count). The quantitative estimate of drug-likeness (QED) is 0.115. The Labute approximate surface area is 218 Å². The lowest BCUT2D eigenvalue weighted by atomic mass is 10.1. The molecule has 3 aromatic rings. The molecule has 2 heterocycles. The Kier molecular flexibility index (Phi) is 7.78. The van der Waals surface area contributed by atoms with Crippen molar-refractivity contribution in [3.05, 3.63) is 54.1 Å². The Morgan fingerprint density at radius 3 is 2.65 bits per heavy atom. The van der Waals surface area contributed by atoms with Crippen LogP contribution < -0.4 is 15.2 Å². The van der Waals surface area contributed by atoms with Crippen molar-refractivity contribution < 1.29 is 24.0 Å². The summed E-state index contributed by atoms with van der Waals surface area (Å²) >= 11 is 0.863. The maximum atomic E-state index is 11.2. The molecule has 1 aliphatic carbocycles. The molecule has 2 aromatic carbocycles. The number of hydrazone groups is 1. The van der Waals surface area contributed by atoms with Crippen molar-refractivity contribution in [3.63, 3.8) is 0 Å². The number of benzene rings is 2. The van der Waals surface area contributed by atoms with Gasteiger partial charge in [0.1, 0.15) is 24.0 Å². The van der Waals surface area contributed by atoms with E-state index in [9.17, 15) is 9.59 Å². The molecule has 37 heavy (non-hydrogen) atoms. The number of rotatable bonds is 7. The van der Waals surface area contributed by atoms with Gasteiger partial charge in [-0.1, -0.05) is 16.9 Å². The summed E-state index contributed by atoms with van der Waals surface area (Å²) in [7, 11) is 0. The Morgan fingerprint density at radius 2 is 1.95 bits per heavy atom. The van der Waals surface area contributed by atoms with Gasteiger partial charge in [-0.3, -0.25) is 10.0 Å². The molecule has 0 atom stereocenters. The minimum absolute atomic E-state index is 0.113. The Bertz CT molecular complexity index is 1360. The molecule has 2 aliphatic rings. The first-order valence-corrected chi connectivity index (χ1v) is 12.9. The first-order chi connectivity index (χ1) is 18.1. The molecule has 1 aromatic heterocycles. The normalized spacial score (nSPS) is 15.9. The minimum Gasteiger partial charge on any atom is -0.490 e. The largest absolute Gasteiger partial charge is 0.490 e. The number of nitrogens with zero attached hydrogens (tertiary/aromatic N) is 3. The van der Waals surface area contributed by atoms with E-state index in [1.165, 1.54) is 17.9 Å². The summed E-state index contributed by atoms with van der Waals surface area (Å²) in [6.45, 7) is 2.30. The van der Waals surface area contributed by atoms with Crippen LogP contribution in [0.5, 0.6) is 5.75 Å². The highest BCUT2D eigenvalue weighted by Crippen LogP contribution is 2.32. The molecule has 0 unspecified atom stereocenters. The fourth-order valence-corrected chi connectivity index (χ4v) is 4.90. The number of hydrogen-bond donors (Lipinski definition) is 2. The highest BCUT2D eigenvalue weighted by Gasteiger charge is 2.32. The highest BCUT2D eigenvalue weighted by molar-refractivity contribution is 8.13. The number of isocyanates is 1. The predicted octanol–water partition coefficient (Wildman–Crippen LogP) is 4.74. The topological polar surface area (TPSA) is 108 Å². The molecule has 0 spiro atoms. The lowest BCUT2D eigenvalue weighted by molar-refractivity contribution is 0.0966. The van der Waals surface area contributed by atoms with Crippen LogP contribution in [0.1, 0.15) is 31.2 Å². The maximum Gasteiger partial charge on any atom is 0.307 e. The number of hydroxylamine groups is 1. The van der Waals surface area contributed by atoms with Crippen LogP contribution in [-0.2, 0) is 4.79 Å². The van der Waals surface area contributed by atoms with E-state index in [0.717, 1.165) is 60.4 Å². The molecule has 1 aliphatic heterocycles. The number of thioether (sulfide) groups is 1. The number of fused-ring (bicyclic) bond motifs is 1. The molecular weight excluding hydrogens is 492 g/mol. The van der Waals surface area contributed by atoms with Crippen molar-refractivity contribution in [1.29, 1.82) is 0 Å². The summed E-state index contributed by atoms with van der Waals surface area (Å²) in [6, 6.07) is 15.3. The summed E-state index contributed by atoms with van der Waals surface area (Å²) in [6.07, 6.45) is 6.50. The third-order valence-corrected chi connectivity index (χ3v) is 7.14. The van der Waals surface area contributed by atoms with E-state index in [1.807, 2.05) is 18.2 Å². The fourth-order valence-electron chi connectivity index (χ4n) is 4.36. The van der Waals surface area contributed by atoms with Crippen LogP contribution in [0.4, 0.5) is 10.7 Å². The second-order valence-electron chi connectivity index (χ2n) is 8.95. The molecule has 9 nitrogen and oxygen atoms in total. The van der Waals surface area contributed by atoms with Gasteiger partial charge in [-0.05, 0) is 79.9 Å². The van der Waals surface area contributed by atoms with Gasteiger partial charge in [0.05, 0.1) is 0 Å². The van der Waals surface area contributed by atoms with E-state index in [4.69, 9.17) is 14.4 Å². The number of hydrogen-bond acceptors (Lipinski definition) is 9. The molecular formula is C27H26N4O5S. The Balaban J connectivity index is 1.22. The lowest BCUT2D eigenvalue weighted by Gasteiger charge is -2.32. The third-order valence-electron chi connectivity index (χ3n) is 6.35. The number of carbonyl (C=O) groups excluding carboxylic acids is 2. The highest BCUT2D eigenvalue weighted by atomic mass is 32.2. The first-order valence-electron chi connectivity index (χ1n) is 12.1. The van der Waals surface area contributed by atoms with Crippen molar-refractivity contribution in [2.24, 2.45) is 5.10 Å². The van der Waals surface area contributed by atoms with Crippen LogP contribution in [0.15, 0.2) is 62.9 Å². The van der Waals surface area contributed by atoms with Crippen LogP contribution >= 0.6 is 11.8 Å². The van der Waals surface area contributed by atoms with Gasteiger partial charge in [0.2, 0.25) is 5.88 Å². The molecule has 0 bridgehead atoms. The van der Waals surface area contributed by atoms with Crippen LogP contribution in [0.3, 0.4) is 0 Å². The van der Waals surface area contributed by atoms with E-state index in [-0.39, 0.29) is 12.6 Å². The van der Waals surface area contributed by atoms with Gasteiger partial charge >= 0.3 is 5.24 Å². The molecule has 2 N–H and O–H groups in total. The summed E-state index contributed by atoms with van der Waals surface area (Å²) in [5.74, 6) is 7.14. The monoisotopic (exact) mass is 518 g/mol. The van der Waals surface area contributed by atoms with Crippen LogP contribution in [0.25, 0.3) is 11.0 Å². The number of ether oxygens (including phenoxy) is 1. The zero-order valence-electron chi connectivity index (χ0n) is 20.1. The summed E-state index contributed by atoms with van der Waals surface area (Å²) in [5, 5.41) is 14.0. The first kappa shape index (κ1) is 24.9. The van der Waals surface area contributed by atoms with Gasteiger partial charge in [-0.15, -0.1) is 0 Å². The number of furan rings is 1. The summed E-state index contributed by atoms with van der Waals surface area (Å²) in [5.41, 5.74) is 2.95. The van der Waals surface area contributed by atoms with Crippen LogP contribution in [0, 0.1) is 11.8 Å². The summed E-state index contributed by atoms with van der Waals surface area (Å²) in [4.78, 5) is 25.5. The standard InChI is InChI=1S/C27H26N4O5S/c32-18-28-31(13-1-2-19-3-8-24(9-4-19)37-27(33)29-34)26-17-20-16-23(7-10-25(20)36-26)35-22-11-14-30(15-12-22)21-5-6-21/h3-4,7-10,16-17,21-22,34H,5-6,11-15H2,(H,29,33). The SMILES string of the molecule is O=C=NN(CC#Cc1ccc(SC(=O)NO)cc1)c1cc2cc(OC3CCN(C4CC4)CC3)ccc2o1. The van der Waals surface area contributed by atoms with Crippen molar-refractivity contribution in [2.75, 3.05) is 24.6 Å². The van der Waals surface area contributed by atoms with E-state index < -0.39 is 5.24 Å². The van der Waals surface area contributed by atoms with Gasteiger partial charge in [-0.2, -0.15) is 0 Å². The zero-order valence-corrected chi connectivity index (χ0v) is 20.9. The molecule has 10 heteroatoms. The van der Waals surface area contributed by atoms with E-state index in [2.05, 4.69) is 21.8 Å². The van der Waals surface area contributed by atoms with Crippen molar-refractivity contribution in [1.82, 2.24) is 10.4 Å². The zero-order chi connectivity index (χ0) is 25.6. The Hall–Kier alpha value is -3.74. The fraction of sp³-hybridized carbons (Fsp3) is 0.333. The number of piperidine rings is 1. The van der Waals surface area contributed by atoms with Gasteiger partial charge in [0, 0.05) is 41.0 Å². The molecule has 1 saturated heterocycles. The number of anilines is 1. The predicted molar refractivity (Wildman–Crippen MR) is 139 cm³/mol. The molecule has 2 fully saturated rings. The number of nitrogens with one attached hydrogen (secondary N) is 1. The van der Waals surface area contributed by atoms with Gasteiger partial charge in [0.25, 0.3) is 6.08 Å². The van der Waals surface area contributed by atoms with E-state index >= 15 is 0 Å². The van der Waals surface area contributed by atoms with E-state index in [0.29, 0.717) is 16.4 Å². The average molecular weight is 519 g/mol. The Morgan fingerprint density at radius 1 is 1.16 bits per heavy atom. The number of carbonyl (C=O) groups is 1. The summed E-state index contributed by atoms with van der Waals surface area (Å²) < 4.78 is 12.2. The van der Waals surface area contributed by atoms with Crippen LogP contribution in [0.2, 0.25) is 0 Å². The molecule has 0 radical (unpaired) electrons. The van der Waals surface area contributed by atoms with Gasteiger partial charge in [-0.25, -0.2) is 15.3 Å². The van der Waals surface area contributed by atoms with Crippen molar-refractivity contribution in [2.45, 2.75) is 42.7 Å². The third kappa shape index (κ3) is 6.53. The van der Waals surface area contributed by atoms with Crippen molar-refractivity contribution in [3.8, 4) is 17.6 Å². The van der Waals surface area contributed by atoms with Gasteiger partial charge < -0.3 is 14.1 Å². The van der Waals surface area contributed by atoms with Crippen molar-refractivity contribution >= 4 is 39.9 Å². The number of amides is 1. The second-order valence-corrected chi connectivity index (χ2v) is 9.99. The van der Waals surface area contributed by atoms with Crippen LogP contribution in [-0.4, -0.2) is 53.2 Å². The molecule has 190 valence electrons. The van der Waals surface area contributed by atoms with Gasteiger partial charge in [0.15, 0.2) is 0 Å². The average Bonchev–Trinajstić information content (AvgIpc) is 3.68. The minimum atomic E-state index is -0.570. The smallest absolute Gasteiger partial charge is 0.307 e. The maximum absolute atomic E-state index is 11.2. The molecule has 1 saturated carbocycles. The number of likely N-dealkylation sites (tertiary alicyclic amines) is 1. The second kappa shape index (κ2) is 11.5. The van der Waals surface area contributed by atoms with E-state index in [1.54, 1.807) is 41.9 Å². The molecule has 1 amide bonds.